The minimum Gasteiger partial charge on any atom is -0.305 e. The van der Waals surface area contributed by atoms with Gasteiger partial charge in [0.25, 0.3) is 0 Å². The lowest BCUT2D eigenvalue weighted by molar-refractivity contribution is -0.123. The molecule has 1 aliphatic rings. The lowest BCUT2D eigenvalue weighted by atomic mass is 9.88. The van der Waals surface area contributed by atoms with Crippen molar-refractivity contribution in [2.24, 2.45) is 0 Å². The number of Topliss-reactive ketones (excluding diaryl/α,β-unsaturated/α-hetero) is 1. The van der Waals surface area contributed by atoms with Crippen molar-refractivity contribution in [3.63, 3.8) is 0 Å². The maximum atomic E-state index is 11.1. The van der Waals surface area contributed by atoms with Gasteiger partial charge in [-0.25, -0.2) is 0 Å². The van der Waals surface area contributed by atoms with Crippen LogP contribution in [0.15, 0.2) is 0 Å². The predicted octanol–water partition coefficient (Wildman–Crippen LogP) is 1.11. The Morgan fingerprint density at radius 3 is 2.50 bits per heavy atom. The summed E-state index contributed by atoms with van der Waals surface area (Å²) in [6, 6.07) is 0. The van der Waals surface area contributed by atoms with Gasteiger partial charge in [-0.3, -0.25) is 4.79 Å². The second-order valence-corrected chi connectivity index (χ2v) is 3.27. The zero-order chi connectivity index (χ0) is 7.61. The van der Waals surface area contributed by atoms with E-state index in [1.807, 2.05) is 6.92 Å². The highest BCUT2D eigenvalue weighted by atomic mass is 16.1. The molecule has 0 saturated carbocycles. The quantitative estimate of drug-likeness (QED) is 0.592. The molecule has 0 aromatic carbocycles. The molecule has 58 valence electrons. The third-order valence-corrected chi connectivity index (χ3v) is 2.40. The van der Waals surface area contributed by atoms with Gasteiger partial charge in [-0.2, -0.15) is 0 Å². The third kappa shape index (κ3) is 1.37. The van der Waals surface area contributed by atoms with E-state index < -0.39 is 0 Å². The molecule has 2 nitrogen and oxygen atoms in total. The fourth-order valence-electron chi connectivity index (χ4n) is 1.36. The van der Waals surface area contributed by atoms with Crippen molar-refractivity contribution in [1.82, 2.24) is 5.32 Å². The molecule has 1 atom stereocenters. The lowest BCUT2D eigenvalue weighted by Crippen LogP contribution is -2.51. The molecule has 1 aliphatic heterocycles. The Bertz CT molecular complexity index is 136. The average Bonchev–Trinajstić information content (AvgIpc) is 1.89. The van der Waals surface area contributed by atoms with Crippen LogP contribution < -0.4 is 5.32 Å². The maximum absolute atomic E-state index is 11.1. The zero-order valence-corrected chi connectivity index (χ0v) is 6.74. The van der Waals surface area contributed by atoms with Crippen LogP contribution in [0.5, 0.6) is 0 Å². The van der Waals surface area contributed by atoms with Gasteiger partial charge in [0, 0.05) is 0 Å². The van der Waals surface area contributed by atoms with E-state index in [4.69, 9.17) is 0 Å². The molecule has 0 aliphatic carbocycles. The highest BCUT2D eigenvalue weighted by molar-refractivity contribution is 5.85. The van der Waals surface area contributed by atoms with Crippen LogP contribution in [0, 0.1) is 0 Å². The highest BCUT2D eigenvalue weighted by Gasteiger charge is 2.30. The first kappa shape index (κ1) is 7.73. The number of hydrogen-bond donors (Lipinski definition) is 1. The molecule has 1 N–H and O–H groups in total. The summed E-state index contributed by atoms with van der Waals surface area (Å²) >= 11 is 0. The van der Waals surface area contributed by atoms with Crippen LogP contribution in [0.25, 0.3) is 0 Å². The summed E-state index contributed by atoms with van der Waals surface area (Å²) in [5.41, 5.74) is -0.210. The van der Waals surface area contributed by atoms with E-state index in [0.717, 1.165) is 13.0 Å². The second kappa shape index (κ2) is 2.70. The first-order chi connectivity index (χ1) is 4.65. The molecular weight excluding hydrogens is 126 g/mol. The molecule has 10 heavy (non-hydrogen) atoms. The van der Waals surface area contributed by atoms with Crippen LogP contribution in [-0.4, -0.2) is 17.9 Å². The Hall–Kier alpha value is -0.370. The van der Waals surface area contributed by atoms with Crippen molar-refractivity contribution in [3.8, 4) is 0 Å². The van der Waals surface area contributed by atoms with Gasteiger partial charge in [0.05, 0.1) is 5.54 Å². The van der Waals surface area contributed by atoms with Crippen LogP contribution in [0.4, 0.5) is 0 Å². The van der Waals surface area contributed by atoms with Gasteiger partial charge >= 0.3 is 0 Å². The normalized spacial score (nSPS) is 33.8. The molecule has 0 spiro atoms. The fraction of sp³-hybridized carbons (Fsp3) is 0.875. The van der Waals surface area contributed by atoms with Crippen molar-refractivity contribution >= 4 is 5.78 Å². The highest BCUT2D eigenvalue weighted by Crippen LogP contribution is 2.18. The van der Waals surface area contributed by atoms with Gasteiger partial charge in [0.1, 0.15) is 5.78 Å². The van der Waals surface area contributed by atoms with Crippen molar-refractivity contribution in [1.29, 1.82) is 0 Å². The van der Waals surface area contributed by atoms with E-state index in [1.165, 1.54) is 12.8 Å². The van der Waals surface area contributed by atoms with Gasteiger partial charge < -0.3 is 5.32 Å². The third-order valence-electron chi connectivity index (χ3n) is 2.40. The molecule has 1 rings (SSSR count). The van der Waals surface area contributed by atoms with Gasteiger partial charge in [0.2, 0.25) is 0 Å². The van der Waals surface area contributed by atoms with Crippen LogP contribution in [0.2, 0.25) is 0 Å². The van der Waals surface area contributed by atoms with Crippen molar-refractivity contribution < 1.29 is 4.79 Å². The number of hydrogen-bond acceptors (Lipinski definition) is 2. The van der Waals surface area contributed by atoms with Crippen LogP contribution in [0.3, 0.4) is 0 Å². The van der Waals surface area contributed by atoms with Crippen LogP contribution in [-0.2, 0) is 4.79 Å². The molecule has 2 heteroatoms. The number of piperidine rings is 1. The van der Waals surface area contributed by atoms with E-state index in [9.17, 15) is 4.79 Å². The predicted molar refractivity (Wildman–Crippen MR) is 40.9 cm³/mol. The Kier molecular flexibility index (Phi) is 2.09. The molecular formula is C8H15NO. The molecule has 0 aromatic heterocycles. The molecule has 1 saturated heterocycles. The maximum Gasteiger partial charge on any atom is 0.149 e. The first-order valence-electron chi connectivity index (χ1n) is 3.91. The molecule has 0 radical (unpaired) electrons. The number of carbonyl (C=O) groups excluding carboxylic acids is 1. The summed E-state index contributed by atoms with van der Waals surface area (Å²) in [6.07, 6.45) is 3.40. The van der Waals surface area contributed by atoms with E-state index >= 15 is 0 Å². The molecule has 0 amide bonds. The van der Waals surface area contributed by atoms with Crippen molar-refractivity contribution in [2.75, 3.05) is 6.54 Å². The van der Waals surface area contributed by atoms with Gasteiger partial charge in [0.15, 0.2) is 0 Å². The second-order valence-electron chi connectivity index (χ2n) is 3.27. The minimum atomic E-state index is -0.210. The van der Waals surface area contributed by atoms with E-state index in [2.05, 4.69) is 5.32 Å². The Morgan fingerprint density at radius 2 is 2.20 bits per heavy atom. The van der Waals surface area contributed by atoms with E-state index in [-0.39, 0.29) is 11.3 Å². The minimum absolute atomic E-state index is 0.210. The molecule has 0 bridgehead atoms. The van der Waals surface area contributed by atoms with E-state index in [1.54, 1.807) is 6.92 Å². The fourth-order valence-corrected chi connectivity index (χ4v) is 1.36. The summed E-state index contributed by atoms with van der Waals surface area (Å²) in [7, 11) is 0. The van der Waals surface area contributed by atoms with Crippen LogP contribution in [0.1, 0.15) is 33.1 Å². The van der Waals surface area contributed by atoms with Gasteiger partial charge in [-0.1, -0.05) is 0 Å². The Labute approximate surface area is 62.0 Å². The van der Waals surface area contributed by atoms with Crippen molar-refractivity contribution in [3.05, 3.63) is 0 Å². The number of carbonyl (C=O) groups is 1. The first-order valence-corrected chi connectivity index (χ1v) is 3.91. The largest absolute Gasteiger partial charge is 0.305 e. The summed E-state index contributed by atoms with van der Waals surface area (Å²) < 4.78 is 0. The Balaban J connectivity index is 2.56. The standard InChI is InChI=1S/C8H15NO/c1-7(10)8(2)5-3-4-6-9-8/h9H,3-6H2,1-2H3. The van der Waals surface area contributed by atoms with Gasteiger partial charge in [-0.05, 0) is 39.7 Å². The number of nitrogens with one attached hydrogen (secondary N) is 1. The van der Waals surface area contributed by atoms with Crippen LogP contribution >= 0.6 is 0 Å². The topological polar surface area (TPSA) is 29.1 Å². The molecule has 0 aromatic rings. The molecule has 1 unspecified atom stereocenters. The zero-order valence-electron chi connectivity index (χ0n) is 6.74. The summed E-state index contributed by atoms with van der Waals surface area (Å²) in [5, 5.41) is 3.25. The number of rotatable bonds is 1. The summed E-state index contributed by atoms with van der Waals surface area (Å²) in [4.78, 5) is 11.1. The molecule has 1 heterocycles. The average molecular weight is 141 g/mol. The lowest BCUT2D eigenvalue weighted by Gasteiger charge is -2.32. The smallest absolute Gasteiger partial charge is 0.149 e. The van der Waals surface area contributed by atoms with Crippen molar-refractivity contribution in [2.45, 2.75) is 38.6 Å². The van der Waals surface area contributed by atoms with Gasteiger partial charge in [-0.15, -0.1) is 0 Å². The summed E-state index contributed by atoms with van der Waals surface area (Å²) in [6.45, 7) is 4.66. The Morgan fingerprint density at radius 1 is 1.50 bits per heavy atom. The summed E-state index contributed by atoms with van der Waals surface area (Å²) in [5.74, 6) is 0.271. The SMILES string of the molecule is CC(=O)C1(C)CCCCN1. The number of ketones is 1. The molecule has 1 fully saturated rings. The monoisotopic (exact) mass is 141 g/mol. The van der Waals surface area contributed by atoms with E-state index in [0.29, 0.717) is 0 Å².